The lowest BCUT2D eigenvalue weighted by Gasteiger charge is -2.29. The predicted molar refractivity (Wildman–Crippen MR) is 87.0 cm³/mol. The summed E-state index contributed by atoms with van der Waals surface area (Å²) >= 11 is 0. The summed E-state index contributed by atoms with van der Waals surface area (Å²) < 4.78 is 19.8. The monoisotopic (exact) mass is 326 g/mol. The SMILES string of the molecule is O=C1c2ccccc2C(=O)N1c1ccc(N2CCOCC2)c(F)c1. The molecule has 0 spiro atoms. The first-order chi connectivity index (χ1) is 11.7. The van der Waals surface area contributed by atoms with E-state index < -0.39 is 17.6 Å². The molecular weight excluding hydrogens is 311 g/mol. The molecule has 0 unspecified atom stereocenters. The zero-order chi connectivity index (χ0) is 16.7. The number of rotatable bonds is 2. The first-order valence-corrected chi connectivity index (χ1v) is 7.77. The van der Waals surface area contributed by atoms with E-state index in [0.717, 1.165) is 4.90 Å². The summed E-state index contributed by atoms with van der Waals surface area (Å²) in [6.07, 6.45) is 0. The number of ether oxygens (including phenoxy) is 1. The molecule has 24 heavy (non-hydrogen) atoms. The average Bonchev–Trinajstić information content (AvgIpc) is 2.87. The van der Waals surface area contributed by atoms with Crippen LogP contribution in [0.25, 0.3) is 0 Å². The molecule has 1 saturated heterocycles. The Balaban J connectivity index is 1.67. The maximum Gasteiger partial charge on any atom is 0.266 e. The second-order valence-corrected chi connectivity index (χ2v) is 5.73. The molecule has 5 nitrogen and oxygen atoms in total. The molecule has 4 rings (SSSR count). The van der Waals surface area contributed by atoms with Crippen molar-refractivity contribution in [3.8, 4) is 0 Å². The molecular formula is C18H15FN2O3. The molecule has 0 aliphatic carbocycles. The van der Waals surface area contributed by atoms with Crippen molar-refractivity contribution in [2.45, 2.75) is 0 Å². The number of amides is 2. The van der Waals surface area contributed by atoms with E-state index in [2.05, 4.69) is 0 Å². The third-order valence-corrected chi connectivity index (χ3v) is 4.34. The van der Waals surface area contributed by atoms with Gasteiger partial charge in [-0.15, -0.1) is 0 Å². The zero-order valence-corrected chi connectivity index (χ0v) is 12.9. The van der Waals surface area contributed by atoms with E-state index in [1.807, 2.05) is 4.90 Å². The number of hydrogen-bond acceptors (Lipinski definition) is 4. The maximum absolute atomic E-state index is 14.5. The van der Waals surface area contributed by atoms with Crippen molar-refractivity contribution in [2.75, 3.05) is 36.1 Å². The Hall–Kier alpha value is -2.73. The smallest absolute Gasteiger partial charge is 0.266 e. The van der Waals surface area contributed by atoms with Crippen LogP contribution in [0, 0.1) is 5.82 Å². The first-order valence-electron chi connectivity index (χ1n) is 7.77. The van der Waals surface area contributed by atoms with Crippen molar-refractivity contribution in [2.24, 2.45) is 0 Å². The third-order valence-electron chi connectivity index (χ3n) is 4.34. The maximum atomic E-state index is 14.5. The van der Waals surface area contributed by atoms with Crippen molar-refractivity contribution in [3.05, 3.63) is 59.4 Å². The summed E-state index contributed by atoms with van der Waals surface area (Å²) in [4.78, 5) is 27.8. The molecule has 2 heterocycles. The number of anilines is 2. The van der Waals surface area contributed by atoms with Crippen LogP contribution < -0.4 is 9.80 Å². The van der Waals surface area contributed by atoms with Gasteiger partial charge in [0.05, 0.1) is 35.7 Å². The largest absolute Gasteiger partial charge is 0.378 e. The molecule has 2 aromatic rings. The number of morpholine rings is 1. The lowest BCUT2D eigenvalue weighted by molar-refractivity contribution is 0.0926. The molecule has 2 aromatic carbocycles. The molecule has 2 amide bonds. The van der Waals surface area contributed by atoms with Crippen LogP contribution in [0.2, 0.25) is 0 Å². The Morgan fingerprint density at radius 1 is 0.917 bits per heavy atom. The summed E-state index contributed by atoms with van der Waals surface area (Å²) in [5.74, 6) is -1.30. The van der Waals surface area contributed by atoms with E-state index in [-0.39, 0.29) is 5.69 Å². The number of fused-ring (bicyclic) bond motifs is 1. The summed E-state index contributed by atoms with van der Waals surface area (Å²) in [5, 5.41) is 0. The van der Waals surface area contributed by atoms with Crippen LogP contribution in [0.15, 0.2) is 42.5 Å². The van der Waals surface area contributed by atoms with Crippen molar-refractivity contribution < 1.29 is 18.7 Å². The Morgan fingerprint density at radius 3 is 2.12 bits per heavy atom. The van der Waals surface area contributed by atoms with Gasteiger partial charge in [0.2, 0.25) is 0 Å². The highest BCUT2D eigenvalue weighted by Crippen LogP contribution is 2.31. The standard InChI is InChI=1S/C18H15FN2O3/c19-15-11-12(5-6-16(15)20-7-9-24-10-8-20)21-17(22)13-3-1-2-4-14(13)18(21)23/h1-6,11H,7-10H2. The Morgan fingerprint density at radius 2 is 1.54 bits per heavy atom. The Kier molecular flexibility index (Phi) is 3.54. The number of carbonyl (C=O) groups is 2. The molecule has 0 N–H and O–H groups in total. The fourth-order valence-electron chi connectivity index (χ4n) is 3.12. The van der Waals surface area contributed by atoms with Gasteiger partial charge >= 0.3 is 0 Å². The van der Waals surface area contributed by atoms with Crippen molar-refractivity contribution in [1.29, 1.82) is 0 Å². The van der Waals surface area contributed by atoms with E-state index in [0.29, 0.717) is 43.1 Å². The van der Waals surface area contributed by atoms with E-state index in [1.165, 1.54) is 6.07 Å². The number of nitrogens with zero attached hydrogens (tertiary/aromatic N) is 2. The van der Waals surface area contributed by atoms with Gasteiger partial charge in [-0.2, -0.15) is 0 Å². The van der Waals surface area contributed by atoms with Crippen LogP contribution in [0.4, 0.5) is 15.8 Å². The van der Waals surface area contributed by atoms with Gasteiger partial charge in [-0.05, 0) is 24.3 Å². The molecule has 2 aliphatic heterocycles. The molecule has 1 fully saturated rings. The number of hydrogen-bond donors (Lipinski definition) is 0. The summed E-state index contributed by atoms with van der Waals surface area (Å²) in [6, 6.07) is 11.1. The second-order valence-electron chi connectivity index (χ2n) is 5.73. The minimum Gasteiger partial charge on any atom is -0.378 e. The highest BCUT2D eigenvalue weighted by Gasteiger charge is 2.36. The van der Waals surface area contributed by atoms with Gasteiger partial charge in [0, 0.05) is 19.2 Å². The van der Waals surface area contributed by atoms with Gasteiger partial charge in [-0.1, -0.05) is 12.1 Å². The highest BCUT2D eigenvalue weighted by atomic mass is 19.1. The van der Waals surface area contributed by atoms with Crippen molar-refractivity contribution in [1.82, 2.24) is 0 Å². The highest BCUT2D eigenvalue weighted by molar-refractivity contribution is 6.34. The molecule has 2 aliphatic rings. The van der Waals surface area contributed by atoms with Crippen LogP contribution >= 0.6 is 0 Å². The predicted octanol–water partition coefficient (Wildman–Crippen LogP) is 2.46. The number of carbonyl (C=O) groups excluding carboxylic acids is 2. The van der Waals surface area contributed by atoms with E-state index in [9.17, 15) is 14.0 Å². The molecule has 122 valence electrons. The second kappa shape index (κ2) is 5.72. The quantitative estimate of drug-likeness (QED) is 0.796. The molecule has 0 atom stereocenters. The molecule has 0 aromatic heterocycles. The van der Waals surface area contributed by atoms with Crippen LogP contribution in [-0.2, 0) is 4.74 Å². The lowest BCUT2D eigenvalue weighted by atomic mass is 10.1. The van der Waals surface area contributed by atoms with Crippen LogP contribution in [0.3, 0.4) is 0 Å². The first kappa shape index (κ1) is 14.8. The number of benzene rings is 2. The molecule has 0 bridgehead atoms. The topological polar surface area (TPSA) is 49.9 Å². The van der Waals surface area contributed by atoms with Gasteiger partial charge in [0.15, 0.2) is 0 Å². The van der Waals surface area contributed by atoms with E-state index in [1.54, 1.807) is 36.4 Å². The Bertz CT molecular complexity index is 796. The van der Waals surface area contributed by atoms with Crippen LogP contribution in [0.1, 0.15) is 20.7 Å². The van der Waals surface area contributed by atoms with Gasteiger partial charge < -0.3 is 9.64 Å². The van der Waals surface area contributed by atoms with Gasteiger partial charge in [-0.25, -0.2) is 9.29 Å². The van der Waals surface area contributed by atoms with E-state index >= 15 is 0 Å². The van der Waals surface area contributed by atoms with E-state index in [4.69, 9.17) is 4.74 Å². The molecule has 0 radical (unpaired) electrons. The summed E-state index contributed by atoms with van der Waals surface area (Å²) in [7, 11) is 0. The lowest BCUT2D eigenvalue weighted by Crippen LogP contribution is -2.37. The summed E-state index contributed by atoms with van der Waals surface area (Å²) in [6.45, 7) is 2.34. The van der Waals surface area contributed by atoms with Crippen LogP contribution in [-0.4, -0.2) is 38.1 Å². The Labute approximate surface area is 138 Å². The number of imide groups is 1. The minimum absolute atomic E-state index is 0.246. The fourth-order valence-corrected chi connectivity index (χ4v) is 3.12. The fraction of sp³-hybridized carbons (Fsp3) is 0.222. The number of halogens is 1. The third kappa shape index (κ3) is 2.27. The molecule has 0 saturated carbocycles. The van der Waals surface area contributed by atoms with Gasteiger partial charge in [-0.3, -0.25) is 9.59 Å². The zero-order valence-electron chi connectivity index (χ0n) is 12.9. The van der Waals surface area contributed by atoms with Crippen molar-refractivity contribution in [3.63, 3.8) is 0 Å². The summed E-state index contributed by atoms with van der Waals surface area (Å²) in [5.41, 5.74) is 1.40. The van der Waals surface area contributed by atoms with Gasteiger partial charge in [0.25, 0.3) is 11.8 Å². The van der Waals surface area contributed by atoms with Gasteiger partial charge in [0.1, 0.15) is 5.82 Å². The average molecular weight is 326 g/mol. The molecule has 6 heteroatoms. The normalized spacial score (nSPS) is 17.4. The van der Waals surface area contributed by atoms with Crippen LogP contribution in [0.5, 0.6) is 0 Å². The minimum atomic E-state index is -0.453. The van der Waals surface area contributed by atoms with Crippen molar-refractivity contribution >= 4 is 23.2 Å².